The third-order valence-corrected chi connectivity index (χ3v) is 5.73. The lowest BCUT2D eigenvalue weighted by atomic mass is 10.1. The normalized spacial score (nSPS) is 19.7. The highest BCUT2D eigenvalue weighted by atomic mass is 32.2. The van der Waals surface area contributed by atoms with Gasteiger partial charge in [-0.25, -0.2) is 14.4 Å². The maximum absolute atomic E-state index is 13.2. The van der Waals surface area contributed by atoms with Crippen LogP contribution in [0.5, 0.6) is 0 Å². The molecule has 2 aliphatic heterocycles. The van der Waals surface area contributed by atoms with Crippen molar-refractivity contribution in [1.82, 2.24) is 13.9 Å². The number of rotatable bonds is 4. The molecule has 0 bridgehead atoms. The maximum Gasteiger partial charge on any atom is 0.303 e. The molecule has 2 aliphatic rings. The molecule has 0 saturated heterocycles. The molecule has 26 heavy (non-hydrogen) atoms. The smallest absolute Gasteiger partial charge is 0.303 e. The van der Waals surface area contributed by atoms with Gasteiger partial charge < -0.3 is 5.32 Å². The van der Waals surface area contributed by atoms with Gasteiger partial charge >= 0.3 is 10.2 Å². The Bertz CT molecular complexity index is 924. The summed E-state index contributed by atoms with van der Waals surface area (Å²) < 4.78 is 40.0. The molecule has 0 radical (unpaired) electrons. The molecule has 2 heterocycles. The van der Waals surface area contributed by atoms with E-state index in [0.29, 0.717) is 17.7 Å². The molecular formula is C16H18FN5O3S. The quantitative estimate of drug-likeness (QED) is 0.837. The first-order valence-electron chi connectivity index (χ1n) is 7.85. The zero-order chi connectivity index (χ0) is 18.9. The van der Waals surface area contributed by atoms with Gasteiger partial charge in [-0.15, -0.1) is 0 Å². The number of fused-ring (bicyclic) bond motifs is 1. The fourth-order valence-corrected chi connectivity index (χ4v) is 3.51. The number of benzene rings is 1. The zero-order valence-corrected chi connectivity index (χ0v) is 15.1. The lowest BCUT2D eigenvalue weighted by Gasteiger charge is -2.30. The summed E-state index contributed by atoms with van der Waals surface area (Å²) in [5, 5.41) is 2.60. The third-order valence-electron chi connectivity index (χ3n) is 3.92. The second-order valence-corrected chi connectivity index (χ2v) is 8.04. The van der Waals surface area contributed by atoms with Gasteiger partial charge in [0.05, 0.1) is 5.71 Å². The zero-order valence-electron chi connectivity index (χ0n) is 14.3. The molecule has 1 atom stereocenters. The highest BCUT2D eigenvalue weighted by Gasteiger charge is 2.28. The predicted octanol–water partition coefficient (Wildman–Crippen LogP) is 0.761. The topological polar surface area (TPSA) is 94.4 Å². The van der Waals surface area contributed by atoms with E-state index >= 15 is 0 Å². The van der Waals surface area contributed by atoms with E-state index in [1.165, 1.54) is 49.0 Å². The fraction of sp³-hybridized carbons (Fsp3) is 0.312. The maximum atomic E-state index is 13.2. The van der Waals surface area contributed by atoms with Crippen molar-refractivity contribution in [3.63, 3.8) is 0 Å². The number of carbonyl (C=O) groups is 1. The van der Waals surface area contributed by atoms with Crippen molar-refractivity contribution in [2.45, 2.75) is 12.7 Å². The molecular weight excluding hydrogens is 361 g/mol. The molecule has 1 aromatic rings. The van der Waals surface area contributed by atoms with Crippen LogP contribution >= 0.6 is 0 Å². The third kappa shape index (κ3) is 3.65. The summed E-state index contributed by atoms with van der Waals surface area (Å²) in [4.78, 5) is 20.6. The Labute approximate surface area is 150 Å². The molecule has 10 heteroatoms. The summed E-state index contributed by atoms with van der Waals surface area (Å²) in [7, 11) is -0.629. The average Bonchev–Trinajstić information content (AvgIpc) is 2.61. The number of aliphatic imine (C=N–C) groups is 2. The van der Waals surface area contributed by atoms with Gasteiger partial charge in [-0.05, 0) is 18.2 Å². The van der Waals surface area contributed by atoms with Gasteiger partial charge in [0.1, 0.15) is 5.82 Å². The molecule has 0 aliphatic carbocycles. The number of halogens is 1. The number of allylic oxidation sites excluding steroid dienone is 1. The second-order valence-electron chi connectivity index (χ2n) is 5.95. The van der Waals surface area contributed by atoms with Gasteiger partial charge in [0.15, 0.2) is 0 Å². The van der Waals surface area contributed by atoms with E-state index < -0.39 is 28.2 Å². The SMILES string of the molecule is CN(C)S(=O)(=O)N1C=C2C=NC(NC(=O)c3cccc(F)c3)N=C2CC1. The Balaban J connectivity index is 1.74. The molecule has 138 valence electrons. The Morgan fingerprint density at radius 3 is 2.85 bits per heavy atom. The minimum Gasteiger partial charge on any atom is -0.312 e. The Morgan fingerprint density at radius 2 is 2.15 bits per heavy atom. The van der Waals surface area contributed by atoms with E-state index in [4.69, 9.17) is 0 Å². The molecule has 1 amide bonds. The first kappa shape index (κ1) is 18.2. The summed E-state index contributed by atoms with van der Waals surface area (Å²) >= 11 is 0. The van der Waals surface area contributed by atoms with Crippen LogP contribution in [-0.2, 0) is 10.2 Å². The van der Waals surface area contributed by atoms with Gasteiger partial charge in [-0.1, -0.05) is 6.07 Å². The molecule has 0 fully saturated rings. The summed E-state index contributed by atoms with van der Waals surface area (Å²) in [6.45, 7) is 0.251. The standard InChI is InChI=1S/C16H18FN5O3S/c1-21(2)26(24,25)22-7-6-14-12(10-22)9-18-16(19-14)20-15(23)11-4-3-5-13(17)8-11/h3-5,8-10,16H,6-7H2,1-2H3,(H,20,23). The van der Waals surface area contributed by atoms with Crippen LogP contribution in [0.15, 0.2) is 46.0 Å². The highest BCUT2D eigenvalue weighted by Crippen LogP contribution is 2.19. The van der Waals surface area contributed by atoms with Crippen LogP contribution in [0.4, 0.5) is 4.39 Å². The molecule has 1 aromatic carbocycles. The lowest BCUT2D eigenvalue weighted by molar-refractivity contribution is 0.0939. The van der Waals surface area contributed by atoms with E-state index in [0.717, 1.165) is 10.4 Å². The Morgan fingerprint density at radius 1 is 1.38 bits per heavy atom. The van der Waals surface area contributed by atoms with Crippen LogP contribution < -0.4 is 5.32 Å². The van der Waals surface area contributed by atoms with E-state index in [1.54, 1.807) is 0 Å². The van der Waals surface area contributed by atoms with E-state index in [2.05, 4.69) is 15.3 Å². The number of hydrogen-bond acceptors (Lipinski definition) is 5. The van der Waals surface area contributed by atoms with Crippen molar-refractivity contribution >= 4 is 28.0 Å². The van der Waals surface area contributed by atoms with Crippen LogP contribution in [0.3, 0.4) is 0 Å². The monoisotopic (exact) mass is 379 g/mol. The minimum atomic E-state index is -3.55. The van der Waals surface area contributed by atoms with Crippen LogP contribution in [-0.4, -0.2) is 61.8 Å². The fourth-order valence-electron chi connectivity index (χ4n) is 2.52. The van der Waals surface area contributed by atoms with Crippen molar-refractivity contribution in [1.29, 1.82) is 0 Å². The van der Waals surface area contributed by atoms with Crippen LogP contribution in [0.1, 0.15) is 16.8 Å². The lowest BCUT2D eigenvalue weighted by Crippen LogP contribution is -2.42. The average molecular weight is 379 g/mol. The van der Waals surface area contributed by atoms with Crippen molar-refractivity contribution in [3.05, 3.63) is 47.4 Å². The van der Waals surface area contributed by atoms with Crippen molar-refractivity contribution < 1.29 is 17.6 Å². The molecule has 3 rings (SSSR count). The van der Waals surface area contributed by atoms with Crippen molar-refractivity contribution in [3.8, 4) is 0 Å². The molecule has 1 N–H and O–H groups in total. The largest absolute Gasteiger partial charge is 0.312 e. The number of nitrogens with one attached hydrogen (secondary N) is 1. The van der Waals surface area contributed by atoms with Crippen molar-refractivity contribution in [2.24, 2.45) is 9.98 Å². The summed E-state index contributed by atoms with van der Waals surface area (Å²) in [6.07, 6.45) is 2.54. The Kier molecular flexibility index (Phi) is 4.88. The van der Waals surface area contributed by atoms with E-state index in [9.17, 15) is 17.6 Å². The van der Waals surface area contributed by atoms with Gasteiger partial charge in [0.2, 0.25) is 6.29 Å². The Hall–Kier alpha value is -2.59. The number of hydrogen-bond donors (Lipinski definition) is 1. The molecule has 0 aromatic heterocycles. The van der Waals surface area contributed by atoms with Crippen LogP contribution in [0, 0.1) is 5.82 Å². The van der Waals surface area contributed by atoms with Gasteiger partial charge in [0, 0.05) is 50.6 Å². The first-order chi connectivity index (χ1) is 12.3. The molecule has 1 unspecified atom stereocenters. The summed E-state index contributed by atoms with van der Waals surface area (Å²) in [5.74, 6) is -0.994. The van der Waals surface area contributed by atoms with Gasteiger partial charge in [-0.3, -0.25) is 9.10 Å². The van der Waals surface area contributed by atoms with Crippen LogP contribution in [0.25, 0.3) is 0 Å². The summed E-state index contributed by atoms with van der Waals surface area (Å²) in [6, 6.07) is 5.32. The minimum absolute atomic E-state index is 0.175. The second kappa shape index (κ2) is 6.96. The molecule has 8 nitrogen and oxygen atoms in total. The van der Waals surface area contributed by atoms with Crippen molar-refractivity contribution in [2.75, 3.05) is 20.6 Å². The van der Waals surface area contributed by atoms with Gasteiger partial charge in [-0.2, -0.15) is 12.7 Å². The van der Waals surface area contributed by atoms with E-state index in [1.807, 2.05) is 0 Å². The number of amides is 1. The number of carbonyl (C=O) groups excluding carboxylic acids is 1. The van der Waals surface area contributed by atoms with E-state index in [-0.39, 0.29) is 12.1 Å². The number of nitrogens with zero attached hydrogens (tertiary/aromatic N) is 4. The molecule has 0 saturated carbocycles. The molecule has 0 spiro atoms. The van der Waals surface area contributed by atoms with Crippen LogP contribution in [0.2, 0.25) is 0 Å². The first-order valence-corrected chi connectivity index (χ1v) is 9.25. The summed E-state index contributed by atoms with van der Waals surface area (Å²) in [5.41, 5.74) is 1.42. The predicted molar refractivity (Wildman–Crippen MR) is 95.6 cm³/mol. The highest BCUT2D eigenvalue weighted by molar-refractivity contribution is 7.86. The van der Waals surface area contributed by atoms with Gasteiger partial charge in [0.25, 0.3) is 5.91 Å².